The molecule has 6 heteroatoms. The van der Waals surface area contributed by atoms with E-state index in [2.05, 4.69) is 32.9 Å². The number of allylic oxidation sites excluding steroid dienone is 1. The molecule has 3 atom stereocenters. The third kappa shape index (κ3) is 28.5. The van der Waals surface area contributed by atoms with Crippen LogP contribution in [0.4, 0.5) is 0 Å². The van der Waals surface area contributed by atoms with Gasteiger partial charge < -0.3 is 19.3 Å². The molecule has 0 bridgehead atoms. The van der Waals surface area contributed by atoms with Gasteiger partial charge in [0.05, 0.1) is 12.2 Å². The number of carbonyl (C=O) groups is 2. The van der Waals surface area contributed by atoms with Crippen molar-refractivity contribution in [3.05, 3.63) is 12.2 Å². The molecular formula is C39H72O6. The van der Waals surface area contributed by atoms with Gasteiger partial charge in [-0.2, -0.15) is 0 Å². The Bertz CT molecular complexity index is 720. The van der Waals surface area contributed by atoms with Crippen LogP contribution in [-0.2, 0) is 23.8 Å². The molecule has 1 aliphatic heterocycles. The monoisotopic (exact) mass is 637 g/mol. The van der Waals surface area contributed by atoms with Gasteiger partial charge in [0, 0.05) is 12.8 Å². The van der Waals surface area contributed by atoms with Gasteiger partial charge in [0.25, 0.3) is 0 Å². The molecule has 1 fully saturated rings. The third-order valence-electron chi connectivity index (χ3n) is 8.85. The first kappa shape index (κ1) is 41.6. The molecule has 0 radical (unpaired) electrons. The average molecular weight is 637 g/mol. The van der Waals surface area contributed by atoms with Gasteiger partial charge in [0.1, 0.15) is 19.3 Å². The molecule has 1 rings (SSSR count). The van der Waals surface area contributed by atoms with E-state index in [1.807, 2.05) is 0 Å². The van der Waals surface area contributed by atoms with E-state index in [0.29, 0.717) is 25.0 Å². The van der Waals surface area contributed by atoms with Gasteiger partial charge in [-0.05, 0) is 44.4 Å². The zero-order valence-corrected chi connectivity index (χ0v) is 29.8. The highest BCUT2D eigenvalue weighted by Crippen LogP contribution is 2.30. The van der Waals surface area contributed by atoms with Gasteiger partial charge in [-0.3, -0.25) is 9.59 Å². The Labute approximate surface area is 277 Å². The molecule has 45 heavy (non-hydrogen) atoms. The molecule has 0 amide bonds. The standard InChI is InChI=1S/C39H72O6/c1-4-5-22-28-36-37(45-36)29-24-19-15-12-13-17-21-26-31-39(42)44-33-35(40)32-43-38(41)30-25-20-16-11-9-7-6-8-10-14-18-23-27-34(2)3/h19,24,34-37,40H,4-18,20-23,25-33H2,1-3H3/b24-19-/t35-,36?,37?/m1/s1. The number of ether oxygens (including phenoxy) is 3. The quantitative estimate of drug-likeness (QED) is 0.0334. The van der Waals surface area contributed by atoms with Gasteiger partial charge in [0.15, 0.2) is 0 Å². The molecule has 0 aromatic heterocycles. The van der Waals surface area contributed by atoms with Crippen LogP contribution in [0.15, 0.2) is 12.2 Å². The van der Waals surface area contributed by atoms with E-state index < -0.39 is 6.10 Å². The number of epoxide rings is 1. The fourth-order valence-electron chi connectivity index (χ4n) is 5.81. The van der Waals surface area contributed by atoms with E-state index in [1.54, 1.807) is 0 Å². The molecule has 1 N–H and O–H groups in total. The van der Waals surface area contributed by atoms with Crippen LogP contribution in [0.25, 0.3) is 0 Å². The number of unbranched alkanes of at least 4 members (excludes halogenated alkanes) is 18. The van der Waals surface area contributed by atoms with Crippen LogP contribution in [0.2, 0.25) is 0 Å². The molecule has 0 aliphatic carbocycles. The number of carbonyl (C=O) groups excluding carboxylic acids is 2. The van der Waals surface area contributed by atoms with Crippen molar-refractivity contribution in [1.29, 1.82) is 0 Å². The largest absolute Gasteiger partial charge is 0.463 e. The summed E-state index contributed by atoms with van der Waals surface area (Å²) in [7, 11) is 0. The number of esters is 2. The Morgan fingerprint density at radius 1 is 0.644 bits per heavy atom. The molecule has 2 unspecified atom stereocenters. The van der Waals surface area contributed by atoms with Crippen LogP contribution < -0.4 is 0 Å². The van der Waals surface area contributed by atoms with Crippen LogP contribution in [0.3, 0.4) is 0 Å². The van der Waals surface area contributed by atoms with Gasteiger partial charge >= 0.3 is 11.9 Å². The molecule has 0 saturated carbocycles. The molecule has 0 spiro atoms. The van der Waals surface area contributed by atoms with E-state index in [0.717, 1.165) is 57.3 Å². The second-order valence-electron chi connectivity index (χ2n) is 13.9. The van der Waals surface area contributed by atoms with Crippen LogP contribution in [0.1, 0.15) is 188 Å². The van der Waals surface area contributed by atoms with Crippen molar-refractivity contribution in [2.45, 2.75) is 206 Å². The van der Waals surface area contributed by atoms with Crippen molar-refractivity contribution in [1.82, 2.24) is 0 Å². The minimum absolute atomic E-state index is 0.120. The third-order valence-corrected chi connectivity index (χ3v) is 8.85. The Morgan fingerprint density at radius 2 is 1.13 bits per heavy atom. The topological polar surface area (TPSA) is 85.4 Å². The van der Waals surface area contributed by atoms with Crippen molar-refractivity contribution in [3.8, 4) is 0 Å². The number of hydrogen-bond acceptors (Lipinski definition) is 6. The zero-order chi connectivity index (χ0) is 32.8. The molecule has 1 heterocycles. The lowest BCUT2D eigenvalue weighted by Crippen LogP contribution is -2.25. The summed E-state index contributed by atoms with van der Waals surface area (Å²) in [6.45, 7) is 6.60. The summed E-state index contributed by atoms with van der Waals surface area (Å²) in [4.78, 5) is 23.9. The molecule has 1 aliphatic rings. The van der Waals surface area contributed by atoms with Gasteiger partial charge in [-0.25, -0.2) is 0 Å². The van der Waals surface area contributed by atoms with Crippen molar-refractivity contribution in [3.63, 3.8) is 0 Å². The summed E-state index contributed by atoms with van der Waals surface area (Å²) in [6.07, 6.45) is 34.3. The number of aliphatic hydroxyl groups excluding tert-OH is 1. The van der Waals surface area contributed by atoms with Crippen molar-refractivity contribution in [2.75, 3.05) is 13.2 Å². The fourth-order valence-corrected chi connectivity index (χ4v) is 5.81. The SMILES string of the molecule is CCCCCC1OC1C/C=C\CCCCCCCC(=O)OC[C@H](O)COC(=O)CCCCCCCCCCCCCCC(C)C. The van der Waals surface area contributed by atoms with Crippen molar-refractivity contribution < 1.29 is 28.9 Å². The van der Waals surface area contributed by atoms with E-state index in [9.17, 15) is 14.7 Å². The lowest BCUT2D eigenvalue weighted by Gasteiger charge is -2.12. The highest BCUT2D eigenvalue weighted by Gasteiger charge is 2.36. The number of rotatable bonds is 33. The maximum atomic E-state index is 12.0. The van der Waals surface area contributed by atoms with Crippen molar-refractivity contribution in [2.24, 2.45) is 5.92 Å². The molecule has 264 valence electrons. The minimum Gasteiger partial charge on any atom is -0.463 e. The Balaban J connectivity index is 1.81. The van der Waals surface area contributed by atoms with E-state index in [1.165, 1.54) is 103 Å². The Morgan fingerprint density at radius 3 is 1.64 bits per heavy atom. The highest BCUT2D eigenvalue weighted by molar-refractivity contribution is 5.69. The Hall–Kier alpha value is -1.40. The lowest BCUT2D eigenvalue weighted by molar-refractivity contribution is -0.152. The second kappa shape index (κ2) is 30.0. The zero-order valence-electron chi connectivity index (χ0n) is 29.8. The van der Waals surface area contributed by atoms with Crippen LogP contribution in [-0.4, -0.2) is 48.6 Å². The van der Waals surface area contributed by atoms with E-state index in [-0.39, 0.29) is 25.2 Å². The van der Waals surface area contributed by atoms with Crippen LogP contribution in [0, 0.1) is 5.92 Å². The maximum absolute atomic E-state index is 12.0. The van der Waals surface area contributed by atoms with Crippen molar-refractivity contribution >= 4 is 11.9 Å². The van der Waals surface area contributed by atoms with Gasteiger partial charge in [0.2, 0.25) is 0 Å². The van der Waals surface area contributed by atoms with Crippen LogP contribution in [0.5, 0.6) is 0 Å². The molecule has 1 saturated heterocycles. The average Bonchev–Trinajstić information content (AvgIpc) is 3.77. The summed E-state index contributed by atoms with van der Waals surface area (Å²) in [6, 6.07) is 0. The smallest absolute Gasteiger partial charge is 0.305 e. The predicted octanol–water partition coefficient (Wildman–Crippen LogP) is 10.6. The van der Waals surface area contributed by atoms with E-state index in [4.69, 9.17) is 14.2 Å². The van der Waals surface area contributed by atoms with Gasteiger partial charge in [-0.1, -0.05) is 148 Å². The Kier molecular flexibility index (Phi) is 27.7. The summed E-state index contributed by atoms with van der Waals surface area (Å²) in [5.41, 5.74) is 0. The first-order chi connectivity index (χ1) is 21.9. The molecular weight excluding hydrogens is 564 g/mol. The molecule has 0 aromatic carbocycles. The highest BCUT2D eigenvalue weighted by atomic mass is 16.6. The fraction of sp³-hybridized carbons (Fsp3) is 0.897. The van der Waals surface area contributed by atoms with Gasteiger partial charge in [-0.15, -0.1) is 0 Å². The normalized spacial score (nSPS) is 16.8. The number of hydrogen-bond donors (Lipinski definition) is 1. The summed E-state index contributed by atoms with van der Waals surface area (Å²) >= 11 is 0. The molecule has 6 nitrogen and oxygen atoms in total. The van der Waals surface area contributed by atoms with Crippen LogP contribution >= 0.6 is 0 Å². The first-order valence-electron chi connectivity index (χ1n) is 19.2. The lowest BCUT2D eigenvalue weighted by atomic mass is 10.0. The van der Waals surface area contributed by atoms with E-state index >= 15 is 0 Å². The summed E-state index contributed by atoms with van der Waals surface area (Å²) in [5.74, 6) is 0.260. The first-order valence-corrected chi connectivity index (χ1v) is 19.2. The minimum atomic E-state index is -0.968. The maximum Gasteiger partial charge on any atom is 0.305 e. The second-order valence-corrected chi connectivity index (χ2v) is 13.9. The summed E-state index contributed by atoms with van der Waals surface area (Å²) < 4.78 is 16.0. The number of aliphatic hydroxyl groups is 1. The predicted molar refractivity (Wildman–Crippen MR) is 186 cm³/mol. The molecule has 0 aromatic rings. The summed E-state index contributed by atoms with van der Waals surface area (Å²) in [5, 5.41) is 10.0.